The highest BCUT2D eigenvalue weighted by Gasteiger charge is 2.19. The van der Waals surface area contributed by atoms with Gasteiger partial charge in [0.1, 0.15) is 0 Å². The molecule has 0 aliphatic heterocycles. The molecule has 1 atom stereocenters. The second kappa shape index (κ2) is 23.9. The molecule has 2 N–H and O–H groups in total. The second-order valence-electron chi connectivity index (χ2n) is 15.2. The van der Waals surface area contributed by atoms with Gasteiger partial charge in [-0.1, -0.05) is 61.6 Å². The lowest BCUT2D eigenvalue weighted by atomic mass is 9.94. The summed E-state index contributed by atoms with van der Waals surface area (Å²) < 4.78 is 52.5. The Morgan fingerprint density at radius 2 is 1.22 bits per heavy atom. The van der Waals surface area contributed by atoms with E-state index in [0.717, 1.165) is 34.5 Å². The highest BCUT2D eigenvalue weighted by atomic mass is 19.1. The zero-order valence-electron chi connectivity index (χ0n) is 39.3. The molecular formula is C54H55FN2O11. The molecule has 0 aromatic heterocycles. The Labute approximate surface area is 396 Å². The van der Waals surface area contributed by atoms with E-state index < -0.39 is 5.82 Å². The number of carbonyl (C=O) groups is 2. The lowest BCUT2D eigenvalue weighted by Gasteiger charge is -2.19. The van der Waals surface area contributed by atoms with Crippen LogP contribution in [0, 0.1) is 11.7 Å². The molecule has 0 fully saturated rings. The van der Waals surface area contributed by atoms with Crippen LogP contribution in [0.3, 0.4) is 0 Å². The van der Waals surface area contributed by atoms with E-state index in [9.17, 15) is 14.0 Å². The van der Waals surface area contributed by atoms with Crippen molar-refractivity contribution in [3.05, 3.63) is 160 Å². The van der Waals surface area contributed by atoms with Gasteiger partial charge < -0.3 is 43.8 Å². The number of methoxy groups -OCH3 is 7. The number of nitrogens with one attached hydrogen (secondary N) is 2. The molecule has 0 spiro atoms. The van der Waals surface area contributed by atoms with Crippen LogP contribution in [0.1, 0.15) is 57.2 Å². The van der Waals surface area contributed by atoms with Crippen molar-refractivity contribution in [2.45, 2.75) is 19.8 Å². The molecule has 0 saturated carbocycles. The van der Waals surface area contributed by atoms with Gasteiger partial charge in [-0.3, -0.25) is 19.4 Å². The van der Waals surface area contributed by atoms with Crippen LogP contribution in [0.15, 0.2) is 127 Å². The van der Waals surface area contributed by atoms with Gasteiger partial charge in [-0.15, -0.1) is 0 Å². The highest BCUT2D eigenvalue weighted by Crippen LogP contribution is 2.41. The number of hydrogen-bond acceptors (Lipinski definition) is 13. The van der Waals surface area contributed by atoms with E-state index in [1.54, 1.807) is 57.9 Å². The largest absolute Gasteiger partial charge is 0.494 e. The van der Waals surface area contributed by atoms with Crippen molar-refractivity contribution in [3.63, 3.8) is 0 Å². The predicted molar refractivity (Wildman–Crippen MR) is 261 cm³/mol. The van der Waals surface area contributed by atoms with E-state index in [4.69, 9.17) is 42.9 Å². The molecule has 0 heterocycles. The first-order valence-corrected chi connectivity index (χ1v) is 21.6. The summed E-state index contributed by atoms with van der Waals surface area (Å²) in [7, 11) is 10.5. The first kappa shape index (κ1) is 49.3. The summed E-state index contributed by atoms with van der Waals surface area (Å²) in [5.74, 6) is 2.17. The fraction of sp³-hybridized carbons (Fsp3) is 0.222. The zero-order valence-corrected chi connectivity index (χ0v) is 39.3. The standard InChI is InChI=1S/C54H55FN2O11/c1-34-13-16-38(43(27-34)57-26-24-44(58)39-19-21-46(60-2)41(55)32-39)18-15-36-30-51(64-6)54(66-8)52(31-36)68-67-48-33-40(20-22-47(48)61-3)45(59)23-25-56-42-12-10-9-11-37(42)17-14-35-28-49(62-4)53(65-7)50(29-35)63-5/h9-12,14-23,25,27-34,56-57H,13,24,26H2,1-8H3/b17-14-,18-15-,25-23-. The third-order valence-electron chi connectivity index (χ3n) is 10.8. The maximum atomic E-state index is 14.2. The van der Waals surface area contributed by atoms with Gasteiger partial charge in [-0.2, -0.15) is 0 Å². The first-order valence-electron chi connectivity index (χ1n) is 21.6. The molecule has 68 heavy (non-hydrogen) atoms. The van der Waals surface area contributed by atoms with Gasteiger partial charge in [0.25, 0.3) is 0 Å². The smallest absolute Gasteiger partial charge is 0.224 e. The van der Waals surface area contributed by atoms with Gasteiger partial charge >= 0.3 is 0 Å². The molecule has 0 saturated heterocycles. The quantitative estimate of drug-likeness (QED) is 0.0211. The normalized spacial score (nSPS) is 13.4. The summed E-state index contributed by atoms with van der Waals surface area (Å²) in [5, 5.41) is 6.60. The number of carbonyl (C=O) groups excluding carboxylic acids is 2. The minimum atomic E-state index is -0.584. The summed E-state index contributed by atoms with van der Waals surface area (Å²) in [4.78, 5) is 38.1. The fourth-order valence-corrected chi connectivity index (χ4v) is 7.22. The van der Waals surface area contributed by atoms with Crippen LogP contribution in [0.2, 0.25) is 0 Å². The van der Waals surface area contributed by atoms with E-state index >= 15 is 0 Å². The Morgan fingerprint density at radius 1 is 0.632 bits per heavy atom. The molecule has 1 aliphatic carbocycles. The number of ketones is 2. The molecule has 14 heteroatoms. The summed E-state index contributed by atoms with van der Waals surface area (Å²) in [5.41, 5.74) is 5.55. The van der Waals surface area contributed by atoms with Gasteiger partial charge in [0.15, 0.2) is 46.1 Å². The third kappa shape index (κ3) is 12.4. The number of anilines is 1. The number of para-hydroxylation sites is 1. The number of allylic oxidation sites excluding steroid dienone is 4. The minimum Gasteiger partial charge on any atom is -0.494 e. The van der Waals surface area contributed by atoms with Gasteiger partial charge in [0.05, 0.1) is 49.8 Å². The van der Waals surface area contributed by atoms with E-state index in [1.165, 1.54) is 52.7 Å². The van der Waals surface area contributed by atoms with Gasteiger partial charge in [-0.05, 0) is 95.3 Å². The number of Topliss-reactive ketones (excluding diaryl/α,β-unsaturated/α-hetero) is 1. The van der Waals surface area contributed by atoms with E-state index in [-0.39, 0.29) is 52.5 Å². The molecule has 354 valence electrons. The van der Waals surface area contributed by atoms with Crippen molar-refractivity contribution in [2.75, 3.05) is 61.6 Å². The number of hydrogen-bond donors (Lipinski definition) is 2. The van der Waals surface area contributed by atoms with Crippen LogP contribution in [0.5, 0.6) is 51.7 Å². The highest BCUT2D eigenvalue weighted by molar-refractivity contribution is 6.05. The van der Waals surface area contributed by atoms with E-state index in [1.807, 2.05) is 60.7 Å². The first-order chi connectivity index (χ1) is 33.0. The van der Waals surface area contributed by atoms with Crippen LogP contribution in [-0.2, 0) is 0 Å². The van der Waals surface area contributed by atoms with Crippen LogP contribution < -0.4 is 53.6 Å². The summed E-state index contributed by atoms with van der Waals surface area (Å²) in [6, 6.07) is 23.8. The van der Waals surface area contributed by atoms with Crippen LogP contribution in [-0.4, -0.2) is 67.9 Å². The molecule has 1 unspecified atom stereocenters. The van der Waals surface area contributed by atoms with Gasteiger partial charge in [0.2, 0.25) is 23.0 Å². The summed E-state index contributed by atoms with van der Waals surface area (Å²) in [6.07, 6.45) is 15.9. The van der Waals surface area contributed by atoms with Crippen molar-refractivity contribution < 1.29 is 56.9 Å². The number of ether oxygens (including phenoxy) is 7. The maximum absolute atomic E-state index is 14.2. The maximum Gasteiger partial charge on any atom is 0.224 e. The average molecular weight is 927 g/mol. The SMILES string of the molecule is COc1ccc(C(=O)CCNC2=CC(C)CC=C2/C=C\c2cc(OC)c(OC)c(OOc3cc(C(=O)/C=C\Nc4ccccc4/C=C\c4cc(OC)c(OC)c(OC)c4)ccc3OC)c2)cc1F. The lowest BCUT2D eigenvalue weighted by Crippen LogP contribution is -2.21. The van der Waals surface area contributed by atoms with Crippen LogP contribution in [0.25, 0.3) is 18.2 Å². The van der Waals surface area contributed by atoms with Crippen molar-refractivity contribution >= 4 is 35.5 Å². The Morgan fingerprint density at radius 3 is 1.87 bits per heavy atom. The van der Waals surface area contributed by atoms with Crippen LogP contribution >= 0.6 is 0 Å². The Balaban J connectivity index is 1.13. The predicted octanol–water partition coefficient (Wildman–Crippen LogP) is 11.0. The Hall–Kier alpha value is -8.13. The summed E-state index contributed by atoms with van der Waals surface area (Å²) in [6.45, 7) is 2.46. The van der Waals surface area contributed by atoms with Crippen molar-refractivity contribution in [2.24, 2.45) is 5.92 Å². The monoisotopic (exact) mass is 926 g/mol. The molecule has 0 bridgehead atoms. The summed E-state index contributed by atoms with van der Waals surface area (Å²) >= 11 is 0. The molecule has 1 aliphatic rings. The molecule has 13 nitrogen and oxygen atoms in total. The molecule has 0 radical (unpaired) electrons. The van der Waals surface area contributed by atoms with E-state index in [2.05, 4.69) is 29.7 Å². The van der Waals surface area contributed by atoms with Crippen LogP contribution in [0.4, 0.5) is 10.1 Å². The van der Waals surface area contributed by atoms with Gasteiger partial charge in [-0.25, -0.2) is 4.39 Å². The molecular weight excluding hydrogens is 872 g/mol. The molecule has 0 amide bonds. The number of rotatable bonds is 23. The Kier molecular flexibility index (Phi) is 17.3. The molecule has 6 rings (SSSR count). The van der Waals surface area contributed by atoms with Gasteiger partial charge in [0, 0.05) is 53.8 Å². The van der Waals surface area contributed by atoms with Crippen molar-refractivity contribution in [1.29, 1.82) is 0 Å². The minimum absolute atomic E-state index is 0.0836. The average Bonchev–Trinajstić information content (AvgIpc) is 3.36. The number of benzene rings is 5. The molecule has 5 aromatic carbocycles. The zero-order chi connectivity index (χ0) is 48.6. The van der Waals surface area contributed by atoms with E-state index in [0.29, 0.717) is 46.4 Å². The third-order valence-corrected chi connectivity index (χ3v) is 10.8. The lowest BCUT2D eigenvalue weighted by molar-refractivity contribution is -0.103. The fourth-order valence-electron chi connectivity index (χ4n) is 7.22. The Bertz CT molecular complexity index is 2730. The topological polar surface area (TPSA) is 141 Å². The van der Waals surface area contributed by atoms with Crippen molar-refractivity contribution in [3.8, 4) is 51.7 Å². The second-order valence-corrected chi connectivity index (χ2v) is 15.2. The van der Waals surface area contributed by atoms with Crippen molar-refractivity contribution in [1.82, 2.24) is 5.32 Å². The molecule has 5 aromatic rings. The number of halogens is 1.